The van der Waals surface area contributed by atoms with Crippen molar-refractivity contribution >= 4 is 33.0 Å². The zero-order chi connectivity index (χ0) is 13.0. The molecule has 1 aliphatic rings. The lowest BCUT2D eigenvalue weighted by Crippen LogP contribution is -2.05. The zero-order valence-electron chi connectivity index (χ0n) is 9.44. The summed E-state index contributed by atoms with van der Waals surface area (Å²) in [4.78, 5) is 0. The fourth-order valence-electron chi connectivity index (χ4n) is 1.39. The van der Waals surface area contributed by atoms with Gasteiger partial charge in [-0.2, -0.15) is 15.6 Å². The number of para-hydroxylation sites is 1. The van der Waals surface area contributed by atoms with Crippen molar-refractivity contribution in [2.45, 2.75) is 18.9 Å². The Morgan fingerprint density at radius 1 is 1.33 bits per heavy atom. The van der Waals surface area contributed by atoms with Crippen LogP contribution in [0, 0.1) is 22.7 Å². The minimum atomic E-state index is -0.205. The van der Waals surface area contributed by atoms with Gasteiger partial charge in [0, 0.05) is 10.5 Å². The predicted molar refractivity (Wildman–Crippen MR) is 73.1 cm³/mol. The van der Waals surface area contributed by atoms with Crippen LogP contribution in [-0.4, -0.2) is 11.8 Å². The van der Waals surface area contributed by atoms with Crippen LogP contribution in [0.15, 0.2) is 27.8 Å². The van der Waals surface area contributed by atoms with Crippen molar-refractivity contribution in [2.75, 3.05) is 10.7 Å². The number of nitrogens with zero attached hydrogens (tertiary/aromatic N) is 3. The third-order valence-corrected chi connectivity index (χ3v) is 3.10. The fourth-order valence-corrected chi connectivity index (χ4v) is 1.85. The van der Waals surface area contributed by atoms with E-state index in [0.29, 0.717) is 6.04 Å². The molecule has 1 aromatic carbocycles. The first-order valence-electron chi connectivity index (χ1n) is 5.43. The molecule has 0 unspecified atom stereocenters. The largest absolute Gasteiger partial charge is 0.381 e. The van der Waals surface area contributed by atoms with Gasteiger partial charge in [-0.3, -0.25) is 5.43 Å². The molecule has 2 N–H and O–H groups in total. The molecule has 0 heterocycles. The van der Waals surface area contributed by atoms with Crippen molar-refractivity contribution in [3.63, 3.8) is 0 Å². The first-order valence-corrected chi connectivity index (χ1v) is 6.23. The summed E-state index contributed by atoms with van der Waals surface area (Å²) in [7, 11) is 0. The normalized spacial score (nSPS) is 13.1. The summed E-state index contributed by atoms with van der Waals surface area (Å²) < 4.78 is 0.826. The van der Waals surface area contributed by atoms with Crippen LogP contribution in [-0.2, 0) is 0 Å². The Morgan fingerprint density at radius 2 is 2.06 bits per heavy atom. The van der Waals surface area contributed by atoms with Gasteiger partial charge in [0.2, 0.25) is 5.71 Å². The van der Waals surface area contributed by atoms with Crippen molar-refractivity contribution < 1.29 is 0 Å². The van der Waals surface area contributed by atoms with Crippen LogP contribution >= 0.6 is 15.9 Å². The summed E-state index contributed by atoms with van der Waals surface area (Å²) in [6, 6.07) is 9.63. The number of hydrazone groups is 1. The van der Waals surface area contributed by atoms with Crippen LogP contribution in [0.5, 0.6) is 0 Å². The molecule has 0 atom stereocenters. The van der Waals surface area contributed by atoms with Crippen molar-refractivity contribution in [2.24, 2.45) is 5.10 Å². The van der Waals surface area contributed by atoms with Crippen LogP contribution in [0.1, 0.15) is 12.8 Å². The summed E-state index contributed by atoms with van der Waals surface area (Å²) in [5.74, 6) is 0. The van der Waals surface area contributed by atoms with Crippen LogP contribution in [0.25, 0.3) is 0 Å². The van der Waals surface area contributed by atoms with Gasteiger partial charge in [-0.15, -0.1) is 0 Å². The second-order valence-corrected chi connectivity index (χ2v) is 4.73. The summed E-state index contributed by atoms with van der Waals surface area (Å²) in [5, 5.41) is 24.4. The Bertz CT molecular complexity index is 547. The van der Waals surface area contributed by atoms with Crippen molar-refractivity contribution in [1.82, 2.24) is 0 Å². The quantitative estimate of drug-likeness (QED) is 0.661. The Morgan fingerprint density at radius 3 is 2.67 bits per heavy atom. The molecule has 2 rings (SSSR count). The second kappa shape index (κ2) is 5.52. The first kappa shape index (κ1) is 12.4. The number of halogens is 1. The maximum atomic E-state index is 8.63. The third-order valence-electron chi connectivity index (χ3n) is 2.44. The number of rotatable bonds is 4. The van der Waals surface area contributed by atoms with Crippen LogP contribution in [0.4, 0.5) is 11.4 Å². The number of hydrogen-bond donors (Lipinski definition) is 2. The molecule has 0 spiro atoms. The summed E-state index contributed by atoms with van der Waals surface area (Å²) in [5.41, 5.74) is 4.18. The highest BCUT2D eigenvalue weighted by atomic mass is 79.9. The lowest BCUT2D eigenvalue weighted by molar-refractivity contribution is 1.15. The molecule has 6 heteroatoms. The topological polar surface area (TPSA) is 84.0 Å². The highest BCUT2D eigenvalue weighted by molar-refractivity contribution is 9.10. The lowest BCUT2D eigenvalue weighted by atomic mass is 10.2. The van der Waals surface area contributed by atoms with Crippen molar-refractivity contribution in [3.05, 3.63) is 22.7 Å². The monoisotopic (exact) mass is 303 g/mol. The predicted octanol–water partition coefficient (Wildman–Crippen LogP) is 2.84. The van der Waals surface area contributed by atoms with Crippen LogP contribution in [0.3, 0.4) is 0 Å². The summed E-state index contributed by atoms with van der Waals surface area (Å²) >= 11 is 3.41. The number of nitriles is 2. The highest BCUT2D eigenvalue weighted by Gasteiger charge is 2.22. The standard InChI is InChI=1S/C12H10BrN5/c13-10-2-1-3-11(16-8-4-5-8)12(10)18-17-9(6-14)7-15/h1-3,8,16,18H,4-5H2. The molecule has 1 aromatic rings. The molecular weight excluding hydrogens is 294 g/mol. The van der Waals surface area contributed by atoms with Crippen LogP contribution in [0.2, 0.25) is 0 Å². The number of benzene rings is 1. The minimum Gasteiger partial charge on any atom is -0.381 e. The van der Waals surface area contributed by atoms with Gasteiger partial charge in [0.25, 0.3) is 0 Å². The summed E-state index contributed by atoms with van der Waals surface area (Å²) in [6.45, 7) is 0. The molecule has 0 aliphatic heterocycles. The molecule has 18 heavy (non-hydrogen) atoms. The molecule has 1 saturated carbocycles. The van der Waals surface area contributed by atoms with Gasteiger partial charge in [-0.1, -0.05) is 6.07 Å². The Hall–Kier alpha value is -2.05. The third kappa shape index (κ3) is 2.99. The Kier molecular flexibility index (Phi) is 3.81. The van der Waals surface area contributed by atoms with E-state index >= 15 is 0 Å². The second-order valence-electron chi connectivity index (χ2n) is 3.88. The number of nitrogens with one attached hydrogen (secondary N) is 2. The molecule has 90 valence electrons. The molecule has 1 aliphatic carbocycles. The van der Waals surface area contributed by atoms with Gasteiger partial charge < -0.3 is 5.32 Å². The molecule has 0 aromatic heterocycles. The summed E-state index contributed by atoms with van der Waals surface area (Å²) in [6.07, 6.45) is 2.33. The molecule has 1 fully saturated rings. The Balaban J connectivity index is 2.22. The fraction of sp³-hybridized carbons (Fsp3) is 0.250. The van der Waals surface area contributed by atoms with Gasteiger partial charge in [-0.05, 0) is 40.9 Å². The molecular formula is C12H10BrN5. The minimum absolute atomic E-state index is 0.205. The van der Waals surface area contributed by atoms with E-state index in [1.165, 1.54) is 0 Å². The molecule has 0 amide bonds. The molecule has 5 nitrogen and oxygen atoms in total. The zero-order valence-corrected chi connectivity index (χ0v) is 11.0. The van der Waals surface area contributed by atoms with Crippen LogP contribution < -0.4 is 10.7 Å². The van der Waals surface area contributed by atoms with Gasteiger partial charge in [0.1, 0.15) is 12.1 Å². The van der Waals surface area contributed by atoms with E-state index in [2.05, 4.69) is 31.8 Å². The molecule has 0 saturated heterocycles. The molecule has 0 bridgehead atoms. The van der Waals surface area contributed by atoms with Gasteiger partial charge in [0.05, 0.1) is 11.4 Å². The van der Waals surface area contributed by atoms with Crippen molar-refractivity contribution in [3.8, 4) is 12.1 Å². The Labute approximate surface area is 113 Å². The van der Waals surface area contributed by atoms with E-state index in [4.69, 9.17) is 10.5 Å². The number of hydrogen-bond acceptors (Lipinski definition) is 5. The van der Waals surface area contributed by atoms with E-state index in [1.807, 2.05) is 18.2 Å². The number of anilines is 2. The average Bonchev–Trinajstić information content (AvgIpc) is 3.17. The lowest BCUT2D eigenvalue weighted by Gasteiger charge is -2.12. The van der Waals surface area contributed by atoms with E-state index in [1.54, 1.807) is 12.1 Å². The average molecular weight is 304 g/mol. The van der Waals surface area contributed by atoms with E-state index < -0.39 is 0 Å². The maximum absolute atomic E-state index is 8.63. The van der Waals surface area contributed by atoms with Crippen molar-refractivity contribution in [1.29, 1.82) is 10.5 Å². The van der Waals surface area contributed by atoms with Gasteiger partial charge in [0.15, 0.2) is 0 Å². The van der Waals surface area contributed by atoms with E-state index in [-0.39, 0.29) is 5.71 Å². The van der Waals surface area contributed by atoms with Gasteiger partial charge >= 0.3 is 0 Å². The SMILES string of the molecule is N#CC(C#N)=NNc1c(Br)cccc1NC1CC1. The maximum Gasteiger partial charge on any atom is 0.237 e. The van der Waals surface area contributed by atoms with E-state index in [0.717, 1.165) is 28.7 Å². The van der Waals surface area contributed by atoms with Gasteiger partial charge in [-0.25, -0.2) is 0 Å². The smallest absolute Gasteiger partial charge is 0.237 e. The van der Waals surface area contributed by atoms with E-state index in [9.17, 15) is 0 Å². The molecule has 0 radical (unpaired) electrons. The highest BCUT2D eigenvalue weighted by Crippen LogP contribution is 2.34. The first-order chi connectivity index (χ1) is 8.74.